The van der Waals surface area contributed by atoms with Crippen molar-refractivity contribution < 1.29 is 19.2 Å². The number of quaternary nitrogens is 1. The van der Waals surface area contributed by atoms with Crippen molar-refractivity contribution in [3.8, 4) is 0 Å². The standard InChI is InChI=1S/C18H25N5O2/c1-18(2,3)14-12-17(25-21-14)20-16(24)13-22-8-10-23(11-9-22)15-6-4-5-7-19-15/h4-7,12H,8-11,13H2,1-3H3,(H,20,24)/p+2. The van der Waals surface area contributed by atoms with Crippen molar-refractivity contribution in [3.63, 3.8) is 0 Å². The maximum atomic E-state index is 12.3. The van der Waals surface area contributed by atoms with Gasteiger partial charge in [0.05, 0.1) is 11.9 Å². The molecular formula is C18H27N5O2+2. The lowest BCUT2D eigenvalue weighted by Gasteiger charge is -2.27. The number of hydrogen-bond acceptors (Lipinski definition) is 4. The first-order chi connectivity index (χ1) is 11.9. The zero-order valence-corrected chi connectivity index (χ0v) is 15.1. The van der Waals surface area contributed by atoms with Crippen LogP contribution >= 0.6 is 0 Å². The fourth-order valence-corrected chi connectivity index (χ4v) is 2.92. The number of H-pyrrole nitrogens is 1. The van der Waals surface area contributed by atoms with Crippen LogP contribution in [0.3, 0.4) is 0 Å². The molecular weight excluding hydrogens is 318 g/mol. The van der Waals surface area contributed by atoms with Gasteiger partial charge >= 0.3 is 0 Å². The van der Waals surface area contributed by atoms with Crippen LogP contribution in [0.25, 0.3) is 0 Å². The van der Waals surface area contributed by atoms with Crippen molar-refractivity contribution in [1.29, 1.82) is 0 Å². The Morgan fingerprint density at radius 3 is 2.72 bits per heavy atom. The van der Waals surface area contributed by atoms with Gasteiger partial charge in [-0.05, 0) is 6.07 Å². The predicted octanol–water partition coefficient (Wildman–Crippen LogP) is 0.130. The van der Waals surface area contributed by atoms with Gasteiger partial charge in [0, 0.05) is 17.5 Å². The Morgan fingerprint density at radius 2 is 2.12 bits per heavy atom. The van der Waals surface area contributed by atoms with Gasteiger partial charge in [-0.25, -0.2) is 4.98 Å². The molecule has 0 aromatic carbocycles. The molecule has 3 N–H and O–H groups in total. The second kappa shape index (κ2) is 7.23. The monoisotopic (exact) mass is 345 g/mol. The lowest BCUT2D eigenvalue weighted by Crippen LogP contribution is -3.15. The minimum absolute atomic E-state index is 0.0358. The molecule has 0 unspecified atom stereocenters. The molecule has 3 heterocycles. The first-order valence-electron chi connectivity index (χ1n) is 8.74. The third kappa shape index (κ3) is 4.57. The molecule has 1 fully saturated rings. The summed E-state index contributed by atoms with van der Waals surface area (Å²) in [5.41, 5.74) is 0.741. The molecule has 0 atom stereocenters. The fraction of sp³-hybridized carbons (Fsp3) is 0.500. The maximum absolute atomic E-state index is 12.3. The van der Waals surface area contributed by atoms with Gasteiger partial charge in [0.15, 0.2) is 6.54 Å². The third-order valence-electron chi connectivity index (χ3n) is 4.46. The molecule has 0 aliphatic carbocycles. The van der Waals surface area contributed by atoms with Crippen LogP contribution in [0.5, 0.6) is 0 Å². The second-order valence-electron chi connectivity index (χ2n) is 7.54. The molecule has 2 aromatic heterocycles. The molecule has 3 rings (SSSR count). The number of aromatic amines is 1. The van der Waals surface area contributed by atoms with Gasteiger partial charge in [-0.2, -0.15) is 0 Å². The van der Waals surface area contributed by atoms with E-state index in [2.05, 4.69) is 47.2 Å². The number of aromatic nitrogens is 2. The SMILES string of the molecule is CC(C)(C)c1cc(NC(=O)C[NH+]2CCN(c3cccc[nH+]3)CC2)on1. The molecule has 25 heavy (non-hydrogen) atoms. The van der Waals surface area contributed by atoms with Crippen LogP contribution in [-0.2, 0) is 10.2 Å². The van der Waals surface area contributed by atoms with Crippen LogP contribution in [0.15, 0.2) is 35.0 Å². The zero-order chi connectivity index (χ0) is 17.9. The average molecular weight is 345 g/mol. The van der Waals surface area contributed by atoms with E-state index in [1.54, 1.807) is 6.07 Å². The van der Waals surface area contributed by atoms with E-state index in [0.717, 1.165) is 37.7 Å². The van der Waals surface area contributed by atoms with Crippen LogP contribution in [0, 0.1) is 0 Å². The van der Waals surface area contributed by atoms with Crippen molar-refractivity contribution in [2.45, 2.75) is 26.2 Å². The Kier molecular flexibility index (Phi) is 5.03. The summed E-state index contributed by atoms with van der Waals surface area (Å²) in [7, 11) is 0. The molecule has 7 nitrogen and oxygen atoms in total. The van der Waals surface area contributed by atoms with E-state index in [0.29, 0.717) is 12.4 Å². The number of nitrogens with one attached hydrogen (secondary N) is 3. The molecule has 0 radical (unpaired) electrons. The molecule has 7 heteroatoms. The quantitative estimate of drug-likeness (QED) is 0.826. The highest BCUT2D eigenvalue weighted by Crippen LogP contribution is 2.23. The van der Waals surface area contributed by atoms with Crippen molar-refractivity contribution in [3.05, 3.63) is 36.2 Å². The van der Waals surface area contributed by atoms with Gasteiger partial charge in [0.25, 0.3) is 11.7 Å². The van der Waals surface area contributed by atoms with Gasteiger partial charge in [-0.15, -0.1) is 0 Å². The van der Waals surface area contributed by atoms with E-state index in [-0.39, 0.29) is 11.3 Å². The fourth-order valence-electron chi connectivity index (χ4n) is 2.92. The summed E-state index contributed by atoms with van der Waals surface area (Å²) in [5.74, 6) is 1.51. The Balaban J connectivity index is 1.47. The molecule has 1 aliphatic rings. The highest BCUT2D eigenvalue weighted by molar-refractivity contribution is 5.90. The normalized spacial score (nSPS) is 16.0. The van der Waals surface area contributed by atoms with Crippen LogP contribution in [0.2, 0.25) is 0 Å². The molecule has 0 spiro atoms. The number of rotatable bonds is 4. The average Bonchev–Trinajstić information content (AvgIpc) is 3.05. The summed E-state index contributed by atoms with van der Waals surface area (Å²) >= 11 is 0. The van der Waals surface area contributed by atoms with Gasteiger partial charge < -0.3 is 9.42 Å². The van der Waals surface area contributed by atoms with E-state index in [1.165, 1.54) is 4.90 Å². The van der Waals surface area contributed by atoms with Crippen LogP contribution < -0.4 is 20.1 Å². The van der Waals surface area contributed by atoms with E-state index < -0.39 is 0 Å². The number of nitrogens with zero attached hydrogens (tertiary/aromatic N) is 2. The molecule has 134 valence electrons. The highest BCUT2D eigenvalue weighted by Gasteiger charge is 2.27. The number of amides is 1. The topological polar surface area (TPSA) is 77.0 Å². The minimum Gasteiger partial charge on any atom is -0.338 e. The largest absolute Gasteiger partial charge is 0.338 e. The minimum atomic E-state index is -0.0947. The van der Waals surface area contributed by atoms with E-state index in [1.807, 2.05) is 18.3 Å². The molecule has 1 saturated heterocycles. The number of piperazine rings is 1. The number of carbonyl (C=O) groups excluding carboxylic acids is 1. The van der Waals surface area contributed by atoms with Crippen molar-refractivity contribution >= 4 is 17.6 Å². The van der Waals surface area contributed by atoms with Gasteiger partial charge in [0.2, 0.25) is 5.88 Å². The van der Waals surface area contributed by atoms with Crippen molar-refractivity contribution in [2.75, 3.05) is 42.9 Å². The first-order valence-corrected chi connectivity index (χ1v) is 8.74. The summed E-state index contributed by atoms with van der Waals surface area (Å²) < 4.78 is 5.22. The van der Waals surface area contributed by atoms with E-state index in [9.17, 15) is 4.79 Å². The summed E-state index contributed by atoms with van der Waals surface area (Å²) in [4.78, 5) is 19.1. The number of carbonyl (C=O) groups is 1. The lowest BCUT2D eigenvalue weighted by molar-refractivity contribution is -0.892. The van der Waals surface area contributed by atoms with Crippen LogP contribution in [-0.4, -0.2) is 43.8 Å². The third-order valence-corrected chi connectivity index (χ3v) is 4.46. The summed E-state index contributed by atoms with van der Waals surface area (Å²) in [5, 5.41) is 6.84. The number of hydrogen-bond donors (Lipinski definition) is 2. The van der Waals surface area contributed by atoms with Gasteiger partial charge in [-0.1, -0.05) is 32.0 Å². The Hall–Kier alpha value is -2.41. The molecule has 0 saturated carbocycles. The number of pyridine rings is 1. The lowest BCUT2D eigenvalue weighted by atomic mass is 9.92. The Labute approximate surface area is 148 Å². The number of anilines is 2. The highest BCUT2D eigenvalue weighted by atomic mass is 16.5. The van der Waals surface area contributed by atoms with Crippen LogP contribution in [0.4, 0.5) is 11.7 Å². The van der Waals surface area contributed by atoms with Gasteiger partial charge in [-0.3, -0.25) is 15.0 Å². The molecule has 2 aromatic rings. The first kappa shape index (κ1) is 17.4. The zero-order valence-electron chi connectivity index (χ0n) is 15.1. The Morgan fingerprint density at radius 1 is 1.36 bits per heavy atom. The van der Waals surface area contributed by atoms with Gasteiger partial charge in [0.1, 0.15) is 26.2 Å². The van der Waals surface area contributed by atoms with E-state index >= 15 is 0 Å². The molecule has 1 aliphatic heterocycles. The molecule has 0 bridgehead atoms. The summed E-state index contributed by atoms with van der Waals surface area (Å²) in [6, 6.07) is 7.89. The summed E-state index contributed by atoms with van der Waals surface area (Å²) in [6.07, 6.45) is 1.94. The Bertz CT molecular complexity index is 700. The summed E-state index contributed by atoms with van der Waals surface area (Å²) in [6.45, 7) is 10.3. The smallest absolute Gasteiger partial charge is 0.281 e. The molecule has 1 amide bonds. The second-order valence-corrected chi connectivity index (χ2v) is 7.54. The van der Waals surface area contributed by atoms with Crippen LogP contribution in [0.1, 0.15) is 26.5 Å². The maximum Gasteiger partial charge on any atom is 0.281 e. The van der Waals surface area contributed by atoms with Crippen molar-refractivity contribution in [2.24, 2.45) is 0 Å². The van der Waals surface area contributed by atoms with Crippen molar-refractivity contribution in [1.82, 2.24) is 5.16 Å². The predicted molar refractivity (Wildman–Crippen MR) is 94.6 cm³/mol. The van der Waals surface area contributed by atoms with E-state index in [4.69, 9.17) is 4.52 Å².